The molecular weight excluding hydrogens is 500 g/mol. The van der Waals surface area contributed by atoms with Crippen LogP contribution in [-0.2, 0) is 14.4 Å². The van der Waals surface area contributed by atoms with E-state index in [1.807, 2.05) is 34.6 Å². The van der Waals surface area contributed by atoms with Crippen molar-refractivity contribution in [2.75, 3.05) is 6.61 Å². The van der Waals surface area contributed by atoms with Crippen molar-refractivity contribution in [3.05, 3.63) is 11.6 Å². The van der Waals surface area contributed by atoms with Crippen LogP contribution in [0.15, 0.2) is 11.6 Å². The number of carbonyl (C=O) groups excluding carboxylic acids is 3. The number of Topliss-reactive ketones (excluding diaryl/α,β-unsaturated/α-hetero) is 3. The summed E-state index contributed by atoms with van der Waals surface area (Å²) in [5.41, 5.74) is -5.64. The van der Waals surface area contributed by atoms with Crippen LogP contribution in [0.3, 0.4) is 0 Å². The molecule has 220 valence electrons. The highest BCUT2D eigenvalue weighted by atomic mass is 16.3. The third kappa shape index (κ3) is 3.99. The predicted octanol–water partition coefficient (Wildman–Crippen LogP) is 2.37. The summed E-state index contributed by atoms with van der Waals surface area (Å²) >= 11 is 0. The Bertz CT molecular complexity index is 1100. The third-order valence-electron chi connectivity index (χ3n) is 12.3. The molecule has 0 saturated heterocycles. The van der Waals surface area contributed by atoms with Crippen molar-refractivity contribution in [3.8, 4) is 0 Å². The van der Waals surface area contributed by atoms with Crippen LogP contribution in [0.25, 0.3) is 0 Å². The Kier molecular flexibility index (Phi) is 7.06. The number of carbonyl (C=O) groups is 3. The molecule has 0 aromatic rings. The fourth-order valence-corrected chi connectivity index (χ4v) is 9.49. The molecule has 0 spiro atoms. The molecule has 10 atom stereocenters. The third-order valence-corrected chi connectivity index (χ3v) is 12.3. The van der Waals surface area contributed by atoms with Gasteiger partial charge in [-0.15, -0.1) is 0 Å². The molecule has 0 aromatic carbocycles. The summed E-state index contributed by atoms with van der Waals surface area (Å²) in [5, 5.41) is 54.2. The number of rotatable bonds is 6. The molecule has 8 nitrogen and oxygen atoms in total. The van der Waals surface area contributed by atoms with Crippen LogP contribution in [0.5, 0.6) is 0 Å². The number of aliphatic hydroxyl groups is 5. The van der Waals surface area contributed by atoms with Gasteiger partial charge in [-0.25, -0.2) is 0 Å². The Labute approximate surface area is 231 Å². The molecule has 39 heavy (non-hydrogen) atoms. The molecule has 3 fully saturated rings. The first-order chi connectivity index (χ1) is 17.6. The van der Waals surface area contributed by atoms with Crippen LogP contribution < -0.4 is 0 Å². The van der Waals surface area contributed by atoms with Gasteiger partial charge in [0, 0.05) is 48.5 Å². The van der Waals surface area contributed by atoms with Gasteiger partial charge in [-0.1, -0.05) is 46.3 Å². The molecule has 0 bridgehead atoms. The Morgan fingerprint density at radius 2 is 1.64 bits per heavy atom. The number of aliphatic hydroxyl groups excluding tert-OH is 3. The number of allylic oxidation sites excluding steroid dienone is 1. The van der Waals surface area contributed by atoms with E-state index in [0.29, 0.717) is 6.42 Å². The standard InChI is InChI=1S/C31H48O8/c1-26(2)17-9-10-21-28(5)13-20(34)24(31(8,39)22(35)11-16(15-32)27(3,4)38)29(28,6)14-23(36)30(21,7)18(17)12-19(33)25(26)37/h9,16,18,20-21,24-25,32,34,37-39H,10-15H2,1-8H3/t16?,18-,20-,21+,24+,25+,28+,29-,30+,31?/m1/s1. The van der Waals surface area contributed by atoms with Gasteiger partial charge in [-0.2, -0.15) is 0 Å². The van der Waals surface area contributed by atoms with Gasteiger partial charge in [-0.3, -0.25) is 14.4 Å². The van der Waals surface area contributed by atoms with Gasteiger partial charge in [0.2, 0.25) is 0 Å². The minimum absolute atomic E-state index is 0.0392. The van der Waals surface area contributed by atoms with Crippen LogP contribution in [-0.4, -0.2) is 72.9 Å². The minimum atomic E-state index is -2.00. The van der Waals surface area contributed by atoms with Gasteiger partial charge in [0.05, 0.1) is 11.7 Å². The zero-order valence-electron chi connectivity index (χ0n) is 24.7. The molecule has 8 heteroatoms. The maximum atomic E-state index is 14.3. The van der Waals surface area contributed by atoms with E-state index < -0.39 is 69.3 Å². The van der Waals surface area contributed by atoms with E-state index in [4.69, 9.17) is 0 Å². The smallest absolute Gasteiger partial charge is 0.164 e. The highest BCUT2D eigenvalue weighted by Gasteiger charge is 2.74. The van der Waals surface area contributed by atoms with E-state index in [1.165, 1.54) is 20.8 Å². The highest BCUT2D eigenvalue weighted by molar-refractivity contribution is 5.93. The topological polar surface area (TPSA) is 152 Å². The maximum absolute atomic E-state index is 14.3. The van der Waals surface area contributed by atoms with Crippen LogP contribution in [0.1, 0.15) is 87.5 Å². The molecule has 4 aliphatic carbocycles. The lowest BCUT2D eigenvalue weighted by atomic mass is 9.38. The van der Waals surface area contributed by atoms with Gasteiger partial charge < -0.3 is 25.5 Å². The first kappa shape index (κ1) is 30.5. The van der Waals surface area contributed by atoms with E-state index in [0.717, 1.165) is 5.57 Å². The molecule has 5 N–H and O–H groups in total. The molecule has 0 heterocycles. The number of hydrogen-bond acceptors (Lipinski definition) is 8. The summed E-state index contributed by atoms with van der Waals surface area (Å²) < 4.78 is 0. The summed E-state index contributed by atoms with van der Waals surface area (Å²) in [6.07, 6.45) is 0.578. The summed E-state index contributed by atoms with van der Waals surface area (Å²) in [4.78, 5) is 40.8. The van der Waals surface area contributed by atoms with Gasteiger partial charge >= 0.3 is 0 Å². The molecule has 2 unspecified atom stereocenters. The summed E-state index contributed by atoms with van der Waals surface area (Å²) in [7, 11) is 0. The lowest BCUT2D eigenvalue weighted by Gasteiger charge is -2.64. The van der Waals surface area contributed by atoms with Crippen molar-refractivity contribution in [3.63, 3.8) is 0 Å². The molecule has 0 aromatic heterocycles. The zero-order valence-corrected chi connectivity index (χ0v) is 24.7. The Morgan fingerprint density at radius 3 is 2.18 bits per heavy atom. The second-order valence-electron chi connectivity index (χ2n) is 15.1. The number of fused-ring (bicyclic) bond motifs is 5. The monoisotopic (exact) mass is 548 g/mol. The Morgan fingerprint density at radius 1 is 1.05 bits per heavy atom. The van der Waals surface area contributed by atoms with E-state index in [2.05, 4.69) is 6.08 Å². The fourth-order valence-electron chi connectivity index (χ4n) is 9.49. The highest BCUT2D eigenvalue weighted by Crippen LogP contribution is 2.74. The van der Waals surface area contributed by atoms with Crippen LogP contribution in [0, 0.1) is 45.3 Å². The van der Waals surface area contributed by atoms with Crippen LogP contribution in [0.2, 0.25) is 0 Å². The molecule has 3 saturated carbocycles. The summed E-state index contributed by atoms with van der Waals surface area (Å²) in [6.45, 7) is 13.5. The van der Waals surface area contributed by atoms with Gasteiger partial charge in [0.25, 0.3) is 0 Å². The van der Waals surface area contributed by atoms with Crippen molar-refractivity contribution in [2.45, 2.75) is 111 Å². The van der Waals surface area contributed by atoms with Crippen molar-refractivity contribution in [1.82, 2.24) is 0 Å². The van der Waals surface area contributed by atoms with Crippen LogP contribution in [0.4, 0.5) is 0 Å². The molecule has 0 radical (unpaired) electrons. The Hall–Kier alpha value is -1.45. The summed E-state index contributed by atoms with van der Waals surface area (Å²) in [5.74, 6) is -3.22. The van der Waals surface area contributed by atoms with E-state index >= 15 is 0 Å². The second-order valence-corrected chi connectivity index (χ2v) is 15.1. The first-order valence-corrected chi connectivity index (χ1v) is 14.3. The van der Waals surface area contributed by atoms with Gasteiger partial charge in [0.15, 0.2) is 11.6 Å². The quantitative estimate of drug-likeness (QED) is 0.317. The lowest BCUT2D eigenvalue weighted by molar-refractivity contribution is -0.185. The summed E-state index contributed by atoms with van der Waals surface area (Å²) in [6, 6.07) is 0. The zero-order chi connectivity index (χ0) is 29.7. The van der Waals surface area contributed by atoms with E-state index in [9.17, 15) is 39.9 Å². The molecule has 0 aliphatic heterocycles. The van der Waals surface area contributed by atoms with Crippen molar-refractivity contribution in [1.29, 1.82) is 0 Å². The molecule has 0 amide bonds. The van der Waals surface area contributed by atoms with Crippen LogP contribution >= 0.6 is 0 Å². The second kappa shape index (κ2) is 9.02. The number of ketones is 3. The molecule has 4 rings (SSSR count). The average Bonchev–Trinajstić information content (AvgIpc) is 3.00. The van der Waals surface area contributed by atoms with Crippen molar-refractivity contribution >= 4 is 17.3 Å². The average molecular weight is 549 g/mol. The lowest BCUT2D eigenvalue weighted by Crippen LogP contribution is -2.65. The van der Waals surface area contributed by atoms with Gasteiger partial charge in [0.1, 0.15) is 17.5 Å². The first-order valence-electron chi connectivity index (χ1n) is 14.3. The molecular formula is C31H48O8. The van der Waals surface area contributed by atoms with E-state index in [-0.39, 0.29) is 49.1 Å². The van der Waals surface area contributed by atoms with Gasteiger partial charge in [-0.05, 0) is 56.3 Å². The predicted molar refractivity (Wildman–Crippen MR) is 144 cm³/mol. The fraction of sp³-hybridized carbons (Fsp3) is 0.839. The normalized spacial score (nSPS) is 44.0. The van der Waals surface area contributed by atoms with E-state index in [1.54, 1.807) is 0 Å². The van der Waals surface area contributed by atoms with Crippen molar-refractivity contribution < 1.29 is 39.9 Å². The number of hydrogen-bond donors (Lipinski definition) is 5. The minimum Gasteiger partial charge on any atom is -0.396 e. The largest absolute Gasteiger partial charge is 0.396 e. The van der Waals surface area contributed by atoms with Crippen molar-refractivity contribution in [2.24, 2.45) is 45.3 Å². The Balaban J connectivity index is 1.76. The maximum Gasteiger partial charge on any atom is 0.164 e. The SMILES string of the molecule is CC(C)(O)C(CO)CC(=O)C(C)(O)[C@H]1[C@H](O)C[C@@]2(C)[C@@H]3CC=C4[C@@H](CC(=O)[C@H](O)C4(C)C)[C@]3(C)C(=O)C[C@]12C. The molecule has 4 aliphatic rings.